The zero-order valence-electron chi connectivity index (χ0n) is 11.6. The first-order valence-electron chi connectivity index (χ1n) is 6.74. The van der Waals surface area contributed by atoms with Crippen LogP contribution in [-0.4, -0.2) is 11.5 Å². The Morgan fingerprint density at radius 2 is 2.05 bits per heavy atom. The molecule has 0 spiro atoms. The van der Waals surface area contributed by atoms with E-state index in [0.29, 0.717) is 5.57 Å². The molecule has 1 aliphatic carbocycles. The number of fused-ring (bicyclic) bond motifs is 1. The summed E-state index contributed by atoms with van der Waals surface area (Å²) in [6.45, 7) is 0. The molecule has 0 saturated carbocycles. The van der Waals surface area contributed by atoms with Gasteiger partial charge in [0, 0.05) is 28.2 Å². The Hall–Kier alpha value is -2.20. The summed E-state index contributed by atoms with van der Waals surface area (Å²) in [6, 6.07) is 10.2. The standard InChI is InChI=1S/C16H12N4S2/c17-6-11-10-3-5-21-7-12(10)14(13-2-1-4-22-13)16(8-18,9-19)15(11)20/h1-4,12,14H,5,7,20H2/t12-,14+/m1/s1. The van der Waals surface area contributed by atoms with Crippen LogP contribution in [0.1, 0.15) is 10.8 Å². The average molecular weight is 324 g/mol. The second-order valence-corrected chi connectivity index (χ2v) is 7.28. The summed E-state index contributed by atoms with van der Waals surface area (Å²) in [6.07, 6.45) is 2.02. The molecule has 6 heteroatoms. The molecule has 0 radical (unpaired) electrons. The fourth-order valence-corrected chi connectivity index (χ4v) is 5.28. The van der Waals surface area contributed by atoms with Crippen LogP contribution in [-0.2, 0) is 0 Å². The summed E-state index contributed by atoms with van der Waals surface area (Å²) in [4.78, 5) is 0.974. The largest absolute Gasteiger partial charge is 0.399 e. The Kier molecular flexibility index (Phi) is 3.71. The van der Waals surface area contributed by atoms with Crippen LogP contribution in [0.15, 0.2) is 40.4 Å². The number of thioether (sulfide) groups is 1. The number of hydrogen-bond acceptors (Lipinski definition) is 6. The number of nitrogens with two attached hydrogens (primary N) is 1. The third-order valence-corrected chi connectivity index (χ3v) is 6.24. The van der Waals surface area contributed by atoms with Gasteiger partial charge in [-0.15, -0.1) is 11.3 Å². The van der Waals surface area contributed by atoms with Crippen LogP contribution in [0.5, 0.6) is 0 Å². The van der Waals surface area contributed by atoms with Crippen molar-refractivity contribution in [1.82, 2.24) is 0 Å². The van der Waals surface area contributed by atoms with Crippen molar-refractivity contribution < 1.29 is 0 Å². The number of hydrogen-bond donors (Lipinski definition) is 1. The summed E-state index contributed by atoms with van der Waals surface area (Å²) in [5, 5.41) is 31.0. The van der Waals surface area contributed by atoms with Crippen LogP contribution in [0.3, 0.4) is 0 Å². The molecule has 108 valence electrons. The van der Waals surface area contributed by atoms with E-state index >= 15 is 0 Å². The number of nitriles is 3. The maximum atomic E-state index is 9.77. The molecule has 3 rings (SSSR count). The van der Waals surface area contributed by atoms with E-state index in [4.69, 9.17) is 5.73 Å². The summed E-state index contributed by atoms with van der Waals surface area (Å²) in [5.41, 5.74) is 6.01. The van der Waals surface area contributed by atoms with Gasteiger partial charge in [0.05, 0.1) is 23.4 Å². The van der Waals surface area contributed by atoms with Gasteiger partial charge in [-0.3, -0.25) is 0 Å². The van der Waals surface area contributed by atoms with Crippen molar-refractivity contribution in [3.63, 3.8) is 0 Å². The number of thiophene rings is 1. The summed E-state index contributed by atoms with van der Waals surface area (Å²) in [7, 11) is 0. The van der Waals surface area contributed by atoms with Gasteiger partial charge in [-0.25, -0.2) is 0 Å². The van der Waals surface area contributed by atoms with Crippen LogP contribution in [0.25, 0.3) is 0 Å². The minimum absolute atomic E-state index is 0.0290. The third-order valence-electron chi connectivity index (χ3n) is 4.28. The molecule has 2 heterocycles. The Morgan fingerprint density at radius 1 is 1.27 bits per heavy atom. The summed E-state index contributed by atoms with van der Waals surface area (Å²) >= 11 is 3.28. The van der Waals surface area contributed by atoms with Crippen LogP contribution >= 0.6 is 23.1 Å². The van der Waals surface area contributed by atoms with Gasteiger partial charge in [0.1, 0.15) is 6.07 Å². The number of allylic oxidation sites excluding steroid dienone is 3. The monoisotopic (exact) mass is 324 g/mol. The molecule has 0 aromatic carbocycles. The Balaban J connectivity index is 2.33. The third kappa shape index (κ3) is 1.87. The predicted molar refractivity (Wildman–Crippen MR) is 86.4 cm³/mol. The molecule has 1 aliphatic heterocycles. The van der Waals surface area contributed by atoms with E-state index in [1.165, 1.54) is 11.3 Å². The lowest BCUT2D eigenvalue weighted by molar-refractivity contribution is 0.373. The minimum atomic E-state index is -1.48. The molecule has 0 saturated heterocycles. The highest BCUT2D eigenvalue weighted by Gasteiger charge is 2.54. The van der Waals surface area contributed by atoms with Gasteiger partial charge in [-0.1, -0.05) is 12.1 Å². The average Bonchev–Trinajstić information content (AvgIpc) is 3.08. The van der Waals surface area contributed by atoms with E-state index in [0.717, 1.165) is 22.0 Å². The van der Waals surface area contributed by atoms with Crippen molar-refractivity contribution in [2.75, 3.05) is 11.5 Å². The second-order valence-electron chi connectivity index (χ2n) is 5.23. The molecule has 2 atom stereocenters. The highest BCUT2D eigenvalue weighted by atomic mass is 32.2. The maximum Gasteiger partial charge on any atom is 0.192 e. The molecule has 0 amide bonds. The van der Waals surface area contributed by atoms with Crippen molar-refractivity contribution in [2.45, 2.75) is 5.92 Å². The maximum absolute atomic E-state index is 9.77. The number of nitrogens with zero attached hydrogens (tertiary/aromatic N) is 3. The van der Waals surface area contributed by atoms with Gasteiger partial charge >= 0.3 is 0 Å². The van der Waals surface area contributed by atoms with E-state index in [2.05, 4.69) is 18.2 Å². The molecule has 22 heavy (non-hydrogen) atoms. The molecule has 0 unspecified atom stereocenters. The zero-order chi connectivity index (χ0) is 15.7. The van der Waals surface area contributed by atoms with Crippen molar-refractivity contribution in [2.24, 2.45) is 17.1 Å². The summed E-state index contributed by atoms with van der Waals surface area (Å²) in [5.74, 6) is 1.27. The minimum Gasteiger partial charge on any atom is -0.399 e. The fraction of sp³-hybridized carbons (Fsp3) is 0.312. The molecule has 2 N–H and O–H groups in total. The second kappa shape index (κ2) is 5.54. The van der Waals surface area contributed by atoms with Gasteiger partial charge in [-0.05, 0) is 17.0 Å². The van der Waals surface area contributed by atoms with Crippen LogP contribution in [0, 0.1) is 45.3 Å². The lowest BCUT2D eigenvalue weighted by Gasteiger charge is -2.42. The van der Waals surface area contributed by atoms with Crippen molar-refractivity contribution in [3.8, 4) is 18.2 Å². The molecule has 1 aromatic rings. The fourth-order valence-electron chi connectivity index (χ4n) is 3.26. The lowest BCUT2D eigenvalue weighted by Crippen LogP contribution is -2.43. The van der Waals surface area contributed by atoms with Gasteiger partial charge in [0.25, 0.3) is 0 Å². The first kappa shape index (κ1) is 14.7. The van der Waals surface area contributed by atoms with E-state index in [1.807, 2.05) is 23.6 Å². The van der Waals surface area contributed by atoms with Crippen molar-refractivity contribution >= 4 is 23.1 Å². The van der Waals surface area contributed by atoms with E-state index in [9.17, 15) is 15.8 Å². The molecular weight excluding hydrogens is 312 g/mol. The van der Waals surface area contributed by atoms with E-state index < -0.39 is 5.41 Å². The molecule has 4 nitrogen and oxygen atoms in total. The first-order valence-corrected chi connectivity index (χ1v) is 8.77. The van der Waals surface area contributed by atoms with Gasteiger partial charge in [0.2, 0.25) is 0 Å². The number of rotatable bonds is 1. The molecule has 0 bridgehead atoms. The molecule has 1 aromatic heterocycles. The highest BCUT2D eigenvalue weighted by molar-refractivity contribution is 7.99. The summed E-state index contributed by atoms with van der Waals surface area (Å²) < 4.78 is 0. The van der Waals surface area contributed by atoms with Gasteiger partial charge in [-0.2, -0.15) is 27.5 Å². The smallest absolute Gasteiger partial charge is 0.192 e. The van der Waals surface area contributed by atoms with E-state index in [1.54, 1.807) is 11.8 Å². The molecule has 0 fully saturated rings. The highest BCUT2D eigenvalue weighted by Crippen LogP contribution is 2.55. The predicted octanol–water partition coefficient (Wildman–Crippen LogP) is 2.90. The quantitative estimate of drug-likeness (QED) is 0.856. The Morgan fingerprint density at radius 3 is 2.64 bits per heavy atom. The van der Waals surface area contributed by atoms with Crippen LogP contribution in [0.2, 0.25) is 0 Å². The topological polar surface area (TPSA) is 97.4 Å². The van der Waals surface area contributed by atoms with Crippen LogP contribution < -0.4 is 5.73 Å². The van der Waals surface area contributed by atoms with Crippen molar-refractivity contribution in [3.05, 3.63) is 45.3 Å². The van der Waals surface area contributed by atoms with Gasteiger partial charge in [0.15, 0.2) is 5.41 Å². The van der Waals surface area contributed by atoms with E-state index in [-0.39, 0.29) is 17.5 Å². The normalized spacial score (nSPS) is 26.1. The lowest BCUT2D eigenvalue weighted by atomic mass is 9.60. The molecule has 2 aliphatic rings. The molecular formula is C16H12N4S2. The van der Waals surface area contributed by atoms with Gasteiger partial charge < -0.3 is 5.73 Å². The van der Waals surface area contributed by atoms with Crippen molar-refractivity contribution in [1.29, 1.82) is 15.8 Å². The Labute approximate surface area is 137 Å². The Bertz CT molecular complexity index is 770. The van der Waals surface area contributed by atoms with Crippen LogP contribution in [0.4, 0.5) is 0 Å². The zero-order valence-corrected chi connectivity index (χ0v) is 13.2. The first-order chi connectivity index (χ1) is 10.7. The SMILES string of the molecule is N#CC1=C(N)C(C#N)(C#N)[C@H](c2cccs2)[C@@H]2CSCC=C12.